The zero-order chi connectivity index (χ0) is 11.8. The van der Waals surface area contributed by atoms with Gasteiger partial charge < -0.3 is 19.9 Å². The molecule has 0 fully saturated rings. The van der Waals surface area contributed by atoms with Gasteiger partial charge in [-0.2, -0.15) is 0 Å². The molecule has 0 amide bonds. The first-order chi connectivity index (χ1) is 6.12. The van der Waals surface area contributed by atoms with E-state index in [1.807, 2.05) is 0 Å². The van der Waals surface area contributed by atoms with Gasteiger partial charge in [0.15, 0.2) is 0 Å². The smallest absolute Gasteiger partial charge is 0.748 e. The van der Waals surface area contributed by atoms with Gasteiger partial charge in [-0.15, -0.1) is 0 Å². The third-order valence-electron chi connectivity index (χ3n) is 0.709. The van der Waals surface area contributed by atoms with Crippen molar-refractivity contribution < 1.29 is 90.2 Å². The Labute approximate surface area is 139 Å². The van der Waals surface area contributed by atoms with Crippen LogP contribution in [0.25, 0.3) is 0 Å². The molecule has 0 unspecified atom stereocenters. The summed E-state index contributed by atoms with van der Waals surface area (Å²) in [5.74, 6) is -1.15. The van der Waals surface area contributed by atoms with Crippen molar-refractivity contribution in [2.24, 2.45) is 5.73 Å². The number of hydrogen-bond donors (Lipinski definition) is 2. The van der Waals surface area contributed by atoms with E-state index in [0.29, 0.717) is 0 Å². The molecule has 0 aliphatic rings. The molecule has 0 saturated carbocycles. The molecule has 0 atom stereocenters. The Morgan fingerprint density at radius 3 is 1.25 bits per heavy atom. The molecule has 0 saturated heterocycles. The van der Waals surface area contributed by atoms with E-state index in [-0.39, 0.29) is 65.7 Å². The van der Waals surface area contributed by atoms with Gasteiger partial charge in [-0.05, 0) is 0 Å². The van der Waals surface area contributed by atoms with Crippen LogP contribution >= 0.6 is 0 Å². The van der Waals surface area contributed by atoms with Crippen LogP contribution in [0, 0.1) is 0 Å². The molecule has 0 heterocycles. The maximum absolute atomic E-state index is 9.60. The minimum Gasteiger partial charge on any atom is -0.748 e. The fourth-order valence-electron chi connectivity index (χ4n) is 0.256. The second-order valence-electron chi connectivity index (χ2n) is 2.04. The van der Waals surface area contributed by atoms with E-state index in [9.17, 15) is 25.9 Å². The molecule has 0 aromatic heterocycles. The largest absolute Gasteiger partial charge is 1.00 e. The van der Waals surface area contributed by atoms with Crippen LogP contribution < -0.4 is 64.8 Å². The summed E-state index contributed by atoms with van der Waals surface area (Å²) in [6.45, 7) is -0.683. The molecule has 0 aliphatic carbocycles. The van der Waals surface area contributed by atoms with Crippen molar-refractivity contribution in [1.82, 2.24) is 0 Å². The predicted octanol–water partition coefficient (Wildman–Crippen LogP) is -8.98. The molecule has 0 bridgehead atoms. The van der Waals surface area contributed by atoms with Crippen LogP contribution in [0.5, 0.6) is 0 Å². The summed E-state index contributed by atoms with van der Waals surface area (Å²) in [6.07, 6.45) is 0. The van der Waals surface area contributed by atoms with Crippen molar-refractivity contribution >= 4 is 20.2 Å². The topological polar surface area (TPSA) is 161 Å². The van der Waals surface area contributed by atoms with Crippen LogP contribution in [0.3, 0.4) is 0 Å². The average molecular weight is 295 g/mol. The molecule has 8 nitrogen and oxygen atoms in total. The maximum Gasteiger partial charge on any atom is 1.00 e. The molecule has 0 spiro atoms. The summed E-state index contributed by atoms with van der Waals surface area (Å²) in [5, 5.41) is 7.82. The van der Waals surface area contributed by atoms with Gasteiger partial charge in [0.2, 0.25) is 0 Å². The van der Waals surface area contributed by atoms with Gasteiger partial charge in [0.05, 0.1) is 38.3 Å². The fourth-order valence-corrected chi connectivity index (χ4v) is 0.768. The molecule has 3 N–H and O–H groups in total. The van der Waals surface area contributed by atoms with E-state index in [4.69, 9.17) is 10.8 Å². The first-order valence-electron chi connectivity index (χ1n) is 3.30. The summed E-state index contributed by atoms with van der Waals surface area (Å²) in [4.78, 5) is 0. The number of nitrogens with two attached hydrogens (primary N) is 1. The van der Waals surface area contributed by atoms with Gasteiger partial charge in [0.1, 0.15) is 0 Å². The van der Waals surface area contributed by atoms with E-state index in [0.717, 1.165) is 0 Å². The SMILES string of the molecule is NCCS(=O)(=O)[O-].O=S(=O)([O-])CCO.[Na+].[Na+]. The molecular weight excluding hydrogens is 284 g/mol. The fraction of sp³-hybridized carbons (Fsp3) is 1.00. The van der Waals surface area contributed by atoms with Crippen molar-refractivity contribution in [1.29, 1.82) is 0 Å². The van der Waals surface area contributed by atoms with Crippen molar-refractivity contribution in [2.75, 3.05) is 24.7 Å². The second kappa shape index (κ2) is 13.2. The van der Waals surface area contributed by atoms with Gasteiger partial charge in [-0.3, -0.25) is 0 Å². The Kier molecular flexibility index (Phi) is 21.7. The zero-order valence-electron chi connectivity index (χ0n) is 9.12. The van der Waals surface area contributed by atoms with Crippen molar-refractivity contribution in [2.45, 2.75) is 0 Å². The zero-order valence-corrected chi connectivity index (χ0v) is 14.8. The molecule has 16 heavy (non-hydrogen) atoms. The van der Waals surface area contributed by atoms with Gasteiger partial charge >= 0.3 is 59.1 Å². The van der Waals surface area contributed by atoms with Gasteiger partial charge in [-0.1, -0.05) is 0 Å². The Morgan fingerprint density at radius 2 is 1.25 bits per heavy atom. The van der Waals surface area contributed by atoms with Crippen LogP contribution in [0.15, 0.2) is 0 Å². The van der Waals surface area contributed by atoms with Gasteiger partial charge in [0, 0.05) is 6.54 Å². The summed E-state index contributed by atoms with van der Waals surface area (Å²) >= 11 is 0. The molecule has 12 heteroatoms. The molecule has 0 rings (SSSR count). The maximum atomic E-state index is 9.60. The van der Waals surface area contributed by atoms with Crippen molar-refractivity contribution in [3.8, 4) is 0 Å². The quantitative estimate of drug-likeness (QED) is 0.381. The van der Waals surface area contributed by atoms with Crippen molar-refractivity contribution in [3.63, 3.8) is 0 Å². The molecule has 0 aromatic rings. The molecular formula is C4H11NNa2O7S2. The summed E-state index contributed by atoms with van der Waals surface area (Å²) in [7, 11) is -8.22. The predicted molar refractivity (Wildman–Crippen MR) is 45.3 cm³/mol. The third kappa shape index (κ3) is 36.0. The Bertz CT molecular complexity index is 292. The third-order valence-corrected chi connectivity index (χ3v) is 2.13. The minimum absolute atomic E-state index is 0. The standard InChI is InChI=1S/C2H7NO3S.C2H6O4S.2Na/c2*3-1-2-7(4,5)6;;/h1-3H2,(H,4,5,6);3H,1-2H2,(H,4,5,6);;/q;;2*+1/p-2. The summed E-state index contributed by atoms with van der Waals surface area (Å²) in [5.41, 5.74) is 4.74. The normalized spacial score (nSPS) is 10.2. The number of hydrogen-bond acceptors (Lipinski definition) is 8. The number of rotatable bonds is 4. The van der Waals surface area contributed by atoms with E-state index in [2.05, 4.69) is 0 Å². The van der Waals surface area contributed by atoms with E-state index >= 15 is 0 Å². The minimum atomic E-state index is -4.17. The van der Waals surface area contributed by atoms with Crippen LogP contribution in [0.2, 0.25) is 0 Å². The van der Waals surface area contributed by atoms with Crippen molar-refractivity contribution in [3.05, 3.63) is 0 Å². The van der Waals surface area contributed by atoms with Gasteiger partial charge in [0.25, 0.3) is 0 Å². The molecule has 0 radical (unpaired) electrons. The first-order valence-corrected chi connectivity index (χ1v) is 6.46. The molecule has 0 aromatic carbocycles. The van der Waals surface area contributed by atoms with E-state index in [1.165, 1.54) is 0 Å². The monoisotopic (exact) mass is 295 g/mol. The second-order valence-corrected chi connectivity index (χ2v) is 5.08. The van der Waals surface area contributed by atoms with Crippen LogP contribution in [0.4, 0.5) is 0 Å². The Balaban J connectivity index is -0.0000000800. The molecule has 88 valence electrons. The van der Waals surface area contributed by atoms with Gasteiger partial charge in [-0.25, -0.2) is 16.8 Å². The van der Waals surface area contributed by atoms with Crippen LogP contribution in [-0.2, 0) is 20.2 Å². The summed E-state index contributed by atoms with van der Waals surface area (Å²) < 4.78 is 57.3. The number of aliphatic hydroxyl groups is 1. The van der Waals surface area contributed by atoms with Crippen LogP contribution in [-0.4, -0.2) is 55.7 Å². The first kappa shape index (κ1) is 26.3. The Morgan fingerprint density at radius 1 is 0.938 bits per heavy atom. The summed E-state index contributed by atoms with van der Waals surface area (Å²) in [6, 6.07) is 0. The Hall–Kier alpha value is 1.74. The van der Waals surface area contributed by atoms with Crippen LogP contribution in [0.1, 0.15) is 0 Å². The molecule has 0 aliphatic heterocycles. The average Bonchev–Trinajstić information content (AvgIpc) is 1.81. The number of aliphatic hydroxyl groups excluding tert-OH is 1. The van der Waals surface area contributed by atoms with E-state index in [1.54, 1.807) is 0 Å². The van der Waals surface area contributed by atoms with E-state index < -0.39 is 38.3 Å².